The maximum atomic E-state index is 13.6. The summed E-state index contributed by atoms with van der Waals surface area (Å²) in [6.45, 7) is 0.942. The average molecular weight is 409 g/mol. The van der Waals surface area contributed by atoms with Gasteiger partial charge in [0.15, 0.2) is 0 Å². The molecule has 0 saturated heterocycles. The molecule has 0 unspecified atom stereocenters. The molecule has 1 saturated carbocycles. The second-order valence-corrected chi connectivity index (χ2v) is 7.48. The molecule has 1 aliphatic carbocycles. The number of aliphatic hydroxyl groups is 1. The normalized spacial score (nSPS) is 21.2. The van der Waals surface area contributed by atoms with Gasteiger partial charge in [-0.2, -0.15) is 0 Å². The predicted octanol–water partition coefficient (Wildman–Crippen LogP) is -0.229. The van der Waals surface area contributed by atoms with Crippen LogP contribution in [0.1, 0.15) is 41.6 Å². The fourth-order valence-electron chi connectivity index (χ4n) is 3.46. The average Bonchev–Trinajstić information content (AvgIpc) is 2.70. The van der Waals surface area contributed by atoms with E-state index in [-0.39, 0.29) is 60.2 Å². The minimum Gasteiger partial charge on any atom is -0.872 e. The Labute approximate surface area is 192 Å². The van der Waals surface area contributed by atoms with Gasteiger partial charge in [0.25, 0.3) is 5.91 Å². The topological polar surface area (TPSA) is 81.6 Å². The van der Waals surface area contributed by atoms with Gasteiger partial charge in [0.1, 0.15) is 5.82 Å². The molecule has 2 aromatic rings. The smallest absolute Gasteiger partial charge is 0.872 e. The summed E-state index contributed by atoms with van der Waals surface area (Å²) < 4.78 is 19.2. The zero-order chi connectivity index (χ0) is 20.0. The number of carbonyl (C=O) groups excluding carboxylic acids is 1. The van der Waals surface area contributed by atoms with E-state index in [0.29, 0.717) is 36.5 Å². The molecule has 0 radical (unpaired) electrons. The largest absolute Gasteiger partial charge is 1.00 e. The third-order valence-electron chi connectivity index (χ3n) is 5.30. The van der Waals surface area contributed by atoms with Crippen molar-refractivity contribution in [2.45, 2.75) is 37.9 Å². The second kappa shape index (κ2) is 11.1. The van der Waals surface area contributed by atoms with Crippen LogP contribution < -0.4 is 40.0 Å². The van der Waals surface area contributed by atoms with Crippen LogP contribution in [-0.4, -0.2) is 29.8 Å². The first-order valence-corrected chi connectivity index (χ1v) is 9.54. The van der Waals surface area contributed by atoms with Gasteiger partial charge in [-0.1, -0.05) is 42.5 Å². The molecule has 150 valence electrons. The van der Waals surface area contributed by atoms with E-state index in [1.165, 1.54) is 30.3 Å². The van der Waals surface area contributed by atoms with E-state index in [0.717, 1.165) is 12.8 Å². The fourth-order valence-corrected chi connectivity index (χ4v) is 3.46. The van der Waals surface area contributed by atoms with Crippen LogP contribution in [0.25, 0.3) is 0 Å². The Bertz CT molecular complexity index is 792. The molecule has 0 bridgehead atoms. The number of carbonyl (C=O) groups is 1. The monoisotopic (exact) mass is 409 g/mol. The Morgan fingerprint density at radius 1 is 1.17 bits per heavy atom. The van der Waals surface area contributed by atoms with Gasteiger partial charge in [-0.05, 0) is 37.7 Å². The molecule has 1 fully saturated rings. The van der Waals surface area contributed by atoms with Crippen molar-refractivity contribution in [2.75, 3.05) is 13.2 Å². The molecule has 0 aromatic heterocycles. The van der Waals surface area contributed by atoms with Gasteiger partial charge in [0, 0.05) is 24.3 Å². The van der Waals surface area contributed by atoms with Crippen LogP contribution in [0.2, 0.25) is 0 Å². The number of amides is 1. The van der Waals surface area contributed by atoms with Crippen LogP contribution in [0.4, 0.5) is 4.39 Å². The van der Waals surface area contributed by atoms with E-state index < -0.39 is 5.60 Å². The van der Waals surface area contributed by atoms with Crippen molar-refractivity contribution in [1.29, 1.82) is 0 Å². The Kier molecular flexibility index (Phi) is 9.11. The van der Waals surface area contributed by atoms with E-state index in [9.17, 15) is 19.4 Å². The molecule has 1 amide bonds. The zero-order valence-electron chi connectivity index (χ0n) is 16.7. The van der Waals surface area contributed by atoms with Crippen molar-refractivity contribution in [1.82, 2.24) is 5.32 Å². The van der Waals surface area contributed by atoms with E-state index in [1.807, 2.05) is 0 Å². The van der Waals surface area contributed by atoms with Crippen LogP contribution in [-0.2, 0) is 11.3 Å². The molecule has 0 aliphatic heterocycles. The van der Waals surface area contributed by atoms with Gasteiger partial charge >= 0.3 is 29.6 Å². The van der Waals surface area contributed by atoms with Crippen molar-refractivity contribution in [2.24, 2.45) is 5.92 Å². The Morgan fingerprint density at radius 2 is 1.83 bits per heavy atom. The number of hydrogen-bond acceptors (Lipinski definition) is 4. The summed E-state index contributed by atoms with van der Waals surface area (Å²) in [6.07, 6.45) is 2.71. The first-order chi connectivity index (χ1) is 13.5. The van der Waals surface area contributed by atoms with Crippen LogP contribution in [0.3, 0.4) is 0 Å². The van der Waals surface area contributed by atoms with Crippen molar-refractivity contribution in [3.63, 3.8) is 0 Å². The Balaban J connectivity index is 0.00000300. The third kappa shape index (κ3) is 7.08. The molecule has 0 heterocycles. The van der Waals surface area contributed by atoms with E-state index in [1.54, 1.807) is 18.2 Å². The fraction of sp³-hybridized carbons (Fsp3) is 0.409. The number of benzene rings is 2. The predicted molar refractivity (Wildman–Crippen MR) is 101 cm³/mol. The first kappa shape index (κ1) is 23.8. The molecule has 5 nitrogen and oxygen atoms in total. The van der Waals surface area contributed by atoms with Gasteiger partial charge in [-0.3, -0.25) is 4.79 Å². The van der Waals surface area contributed by atoms with E-state index in [2.05, 4.69) is 5.32 Å². The van der Waals surface area contributed by atoms with Crippen LogP contribution in [0.15, 0.2) is 48.5 Å². The Morgan fingerprint density at radius 3 is 2.48 bits per heavy atom. The van der Waals surface area contributed by atoms with E-state index in [4.69, 9.17) is 4.74 Å². The standard InChI is InChI=1S/C22H26FNO4.Na/c23-20-4-2-1-3-18(20)14-28-13-16-9-11-22(27,12-10-16)15-24-21(26)17-5-7-19(25)8-6-17;/h1-8,16,25,27H,9-15H2,(H,24,26);/q;+1/p-1. The molecule has 2 N–H and O–H groups in total. The molecular weight excluding hydrogens is 384 g/mol. The number of nitrogens with one attached hydrogen (secondary N) is 1. The second-order valence-electron chi connectivity index (χ2n) is 7.48. The van der Waals surface area contributed by atoms with Crippen molar-refractivity contribution < 1.29 is 53.7 Å². The third-order valence-corrected chi connectivity index (χ3v) is 5.30. The van der Waals surface area contributed by atoms with Crippen LogP contribution in [0, 0.1) is 11.7 Å². The van der Waals surface area contributed by atoms with Gasteiger partial charge in [0.2, 0.25) is 0 Å². The Hall–Kier alpha value is -1.44. The molecule has 0 spiro atoms. The molecule has 0 atom stereocenters. The molecule has 3 rings (SSSR count). The number of halogens is 1. The van der Waals surface area contributed by atoms with Gasteiger partial charge in [-0.15, -0.1) is 5.75 Å². The summed E-state index contributed by atoms with van der Waals surface area (Å²) in [7, 11) is 0. The van der Waals surface area contributed by atoms with E-state index >= 15 is 0 Å². The summed E-state index contributed by atoms with van der Waals surface area (Å²) in [6, 6.07) is 12.2. The maximum Gasteiger partial charge on any atom is 1.00 e. The maximum absolute atomic E-state index is 13.6. The zero-order valence-corrected chi connectivity index (χ0v) is 18.7. The minimum atomic E-state index is -0.934. The van der Waals surface area contributed by atoms with Gasteiger partial charge in [-0.25, -0.2) is 4.39 Å². The van der Waals surface area contributed by atoms with Crippen LogP contribution >= 0.6 is 0 Å². The first-order valence-electron chi connectivity index (χ1n) is 9.54. The summed E-state index contributed by atoms with van der Waals surface area (Å²) in [5, 5.41) is 24.6. The quantitative estimate of drug-likeness (QED) is 0.619. The summed E-state index contributed by atoms with van der Waals surface area (Å²) in [4.78, 5) is 12.1. The summed E-state index contributed by atoms with van der Waals surface area (Å²) >= 11 is 0. The van der Waals surface area contributed by atoms with Crippen molar-refractivity contribution in [3.8, 4) is 5.75 Å². The van der Waals surface area contributed by atoms with Crippen molar-refractivity contribution in [3.05, 3.63) is 65.5 Å². The van der Waals surface area contributed by atoms with Gasteiger partial charge < -0.3 is 20.3 Å². The number of rotatable bonds is 7. The van der Waals surface area contributed by atoms with Crippen molar-refractivity contribution >= 4 is 5.91 Å². The molecule has 1 aliphatic rings. The summed E-state index contributed by atoms with van der Waals surface area (Å²) in [5.41, 5.74) is 0.0110. The molecule has 2 aromatic carbocycles. The SMILES string of the molecule is O=C(NCC1(O)CCC(COCc2ccccc2F)CC1)c1ccc([O-])cc1.[Na+]. The van der Waals surface area contributed by atoms with Crippen LogP contribution in [0.5, 0.6) is 5.75 Å². The molecule has 29 heavy (non-hydrogen) atoms. The number of ether oxygens (including phenoxy) is 1. The number of hydrogen-bond donors (Lipinski definition) is 2. The molecule has 7 heteroatoms. The molecular formula is C22H25FNNaO4. The van der Waals surface area contributed by atoms with Gasteiger partial charge in [0.05, 0.1) is 12.2 Å². The minimum absolute atomic E-state index is 0. The summed E-state index contributed by atoms with van der Waals surface area (Å²) in [5.74, 6) is -0.400.